The number of nitrogens with one attached hydrogen (secondary N) is 2. The summed E-state index contributed by atoms with van der Waals surface area (Å²) >= 11 is 0. The van der Waals surface area contributed by atoms with Crippen LogP contribution in [0.4, 0.5) is 5.69 Å². The Bertz CT molecular complexity index is 499. The Morgan fingerprint density at radius 1 is 1.38 bits per heavy atom. The lowest BCUT2D eigenvalue weighted by molar-refractivity contribution is -0.384. The molecular weight excluding hydrogens is 272 g/mol. The lowest BCUT2D eigenvalue weighted by atomic mass is 10.2. The number of hydrogen-bond donors (Lipinski definition) is 2. The fourth-order valence-electron chi connectivity index (χ4n) is 2.30. The summed E-state index contributed by atoms with van der Waals surface area (Å²) in [5, 5.41) is 16.8. The third kappa shape index (κ3) is 5.13. The molecule has 1 amide bonds. The van der Waals surface area contributed by atoms with Gasteiger partial charge < -0.3 is 10.6 Å². The second-order valence-corrected chi connectivity index (χ2v) is 5.08. The molecule has 0 aliphatic carbocycles. The molecule has 0 unspecified atom stereocenters. The molecule has 0 saturated carbocycles. The van der Waals surface area contributed by atoms with Gasteiger partial charge in [-0.1, -0.05) is 12.1 Å². The normalized spacial score (nSPS) is 16.2. The summed E-state index contributed by atoms with van der Waals surface area (Å²) in [5.74, 6) is -0.0524. The summed E-state index contributed by atoms with van der Waals surface area (Å²) in [7, 11) is 0. The number of nitro groups is 1. The molecule has 0 radical (unpaired) electrons. The van der Waals surface area contributed by atoms with E-state index in [1.807, 2.05) is 0 Å². The van der Waals surface area contributed by atoms with Crippen molar-refractivity contribution < 1.29 is 9.72 Å². The number of amides is 1. The third-order valence-corrected chi connectivity index (χ3v) is 3.41. The molecule has 0 aromatic heterocycles. The topological polar surface area (TPSA) is 87.5 Å². The Hall–Kier alpha value is -1.99. The lowest BCUT2D eigenvalue weighted by Gasteiger charge is -2.18. The summed E-state index contributed by atoms with van der Waals surface area (Å²) in [6.07, 6.45) is 1.04. The van der Waals surface area contributed by atoms with E-state index >= 15 is 0 Å². The van der Waals surface area contributed by atoms with Crippen LogP contribution in [0.2, 0.25) is 0 Å². The highest BCUT2D eigenvalue weighted by molar-refractivity contribution is 5.78. The molecule has 0 spiro atoms. The minimum atomic E-state index is -0.435. The Kier molecular flexibility index (Phi) is 5.65. The first kappa shape index (κ1) is 15.4. The number of benzene rings is 1. The van der Waals surface area contributed by atoms with Crippen molar-refractivity contribution in [2.75, 3.05) is 32.7 Å². The van der Waals surface area contributed by atoms with Crippen LogP contribution in [0, 0.1) is 10.1 Å². The quantitative estimate of drug-likeness (QED) is 0.610. The average Bonchev–Trinajstić information content (AvgIpc) is 2.74. The number of carbonyl (C=O) groups excluding carboxylic acids is 1. The molecule has 1 aromatic rings. The van der Waals surface area contributed by atoms with E-state index in [1.54, 1.807) is 12.1 Å². The minimum Gasteiger partial charge on any atom is -0.351 e. The van der Waals surface area contributed by atoms with E-state index < -0.39 is 4.92 Å². The molecule has 2 N–H and O–H groups in total. The van der Waals surface area contributed by atoms with E-state index in [0.717, 1.165) is 38.2 Å². The highest BCUT2D eigenvalue weighted by Crippen LogP contribution is 2.12. The van der Waals surface area contributed by atoms with Crippen molar-refractivity contribution in [3.63, 3.8) is 0 Å². The van der Waals surface area contributed by atoms with Crippen LogP contribution >= 0.6 is 0 Å². The molecule has 1 fully saturated rings. The summed E-state index contributed by atoms with van der Waals surface area (Å²) in [5.41, 5.74) is 0.774. The van der Waals surface area contributed by atoms with E-state index in [0.29, 0.717) is 13.1 Å². The predicted molar refractivity (Wildman–Crippen MR) is 78.9 cm³/mol. The van der Waals surface area contributed by atoms with Crippen LogP contribution < -0.4 is 10.6 Å². The highest BCUT2D eigenvalue weighted by Gasteiger charge is 2.12. The van der Waals surface area contributed by atoms with Crippen LogP contribution in [0.5, 0.6) is 0 Å². The Labute approximate surface area is 123 Å². The van der Waals surface area contributed by atoms with Crippen LogP contribution in [-0.4, -0.2) is 48.5 Å². The second-order valence-electron chi connectivity index (χ2n) is 5.08. The van der Waals surface area contributed by atoms with Gasteiger partial charge in [-0.15, -0.1) is 0 Å². The molecule has 7 nitrogen and oxygen atoms in total. The maximum absolute atomic E-state index is 11.9. The molecule has 0 bridgehead atoms. The Balaban J connectivity index is 1.80. The van der Waals surface area contributed by atoms with Gasteiger partial charge in [-0.05, 0) is 25.1 Å². The van der Waals surface area contributed by atoms with Crippen LogP contribution in [0.15, 0.2) is 24.3 Å². The van der Waals surface area contributed by atoms with Gasteiger partial charge in [0.15, 0.2) is 0 Å². The largest absolute Gasteiger partial charge is 0.351 e. The summed E-state index contributed by atoms with van der Waals surface area (Å²) in [6.45, 7) is 4.36. The summed E-state index contributed by atoms with van der Waals surface area (Å²) in [6, 6.07) is 6.31. The smallest absolute Gasteiger partial charge is 0.269 e. The Morgan fingerprint density at radius 2 is 2.24 bits per heavy atom. The van der Waals surface area contributed by atoms with E-state index in [2.05, 4.69) is 15.5 Å². The Morgan fingerprint density at radius 3 is 3.05 bits per heavy atom. The van der Waals surface area contributed by atoms with Crippen molar-refractivity contribution in [2.45, 2.75) is 13.0 Å². The molecule has 1 aliphatic heterocycles. The number of carbonyl (C=O) groups is 1. The number of rotatable bonds is 5. The van der Waals surface area contributed by atoms with E-state index in [4.69, 9.17) is 0 Å². The zero-order valence-electron chi connectivity index (χ0n) is 11.9. The average molecular weight is 292 g/mol. The first-order chi connectivity index (χ1) is 10.1. The van der Waals surface area contributed by atoms with Crippen LogP contribution in [0.25, 0.3) is 0 Å². The molecule has 0 atom stereocenters. The molecule has 1 heterocycles. The van der Waals surface area contributed by atoms with Crippen LogP contribution in [0.3, 0.4) is 0 Å². The summed E-state index contributed by atoms with van der Waals surface area (Å²) < 4.78 is 0. The van der Waals surface area contributed by atoms with Crippen LogP contribution in [0.1, 0.15) is 12.0 Å². The van der Waals surface area contributed by atoms with Crippen LogP contribution in [-0.2, 0) is 11.3 Å². The van der Waals surface area contributed by atoms with E-state index in [-0.39, 0.29) is 11.6 Å². The minimum absolute atomic E-state index is 0.0420. The molecule has 1 aliphatic rings. The maximum atomic E-state index is 11.9. The van der Waals surface area contributed by atoms with E-state index in [9.17, 15) is 14.9 Å². The molecule has 1 aromatic carbocycles. The van der Waals surface area contributed by atoms with Gasteiger partial charge in [-0.3, -0.25) is 19.8 Å². The third-order valence-electron chi connectivity index (χ3n) is 3.41. The van der Waals surface area contributed by atoms with Crippen molar-refractivity contribution >= 4 is 11.6 Å². The van der Waals surface area contributed by atoms with Gasteiger partial charge in [-0.25, -0.2) is 0 Å². The van der Waals surface area contributed by atoms with Gasteiger partial charge in [0.25, 0.3) is 5.69 Å². The molecule has 114 valence electrons. The number of non-ortho nitro benzene ring substituents is 1. The monoisotopic (exact) mass is 292 g/mol. The molecule has 1 saturated heterocycles. The van der Waals surface area contributed by atoms with Crippen molar-refractivity contribution in [2.24, 2.45) is 0 Å². The van der Waals surface area contributed by atoms with E-state index in [1.165, 1.54) is 12.1 Å². The molecule has 21 heavy (non-hydrogen) atoms. The van der Waals surface area contributed by atoms with Crippen molar-refractivity contribution in [3.8, 4) is 0 Å². The highest BCUT2D eigenvalue weighted by atomic mass is 16.6. The van der Waals surface area contributed by atoms with Crippen molar-refractivity contribution in [3.05, 3.63) is 39.9 Å². The standard InChI is InChI=1S/C14H20N4O3/c19-14(11-17-7-2-5-15-6-8-17)16-10-12-3-1-4-13(9-12)18(20)21/h1,3-4,9,15H,2,5-8,10-11H2,(H,16,19). The first-order valence-corrected chi connectivity index (χ1v) is 7.08. The predicted octanol–water partition coefficient (Wildman–Crippen LogP) is 0.506. The molecular formula is C14H20N4O3. The number of nitro benzene ring substituents is 1. The van der Waals surface area contributed by atoms with Gasteiger partial charge in [0.1, 0.15) is 0 Å². The van der Waals surface area contributed by atoms with Gasteiger partial charge in [0, 0.05) is 31.8 Å². The van der Waals surface area contributed by atoms with Gasteiger partial charge in [0.2, 0.25) is 5.91 Å². The number of nitrogens with zero attached hydrogens (tertiary/aromatic N) is 2. The zero-order chi connectivity index (χ0) is 15.1. The maximum Gasteiger partial charge on any atom is 0.269 e. The second kappa shape index (κ2) is 7.70. The molecule has 7 heteroatoms. The van der Waals surface area contributed by atoms with Gasteiger partial charge in [-0.2, -0.15) is 0 Å². The summed E-state index contributed by atoms with van der Waals surface area (Å²) in [4.78, 5) is 24.3. The SMILES string of the molecule is O=C(CN1CCCNCC1)NCc1cccc([N+](=O)[O-])c1. The zero-order valence-corrected chi connectivity index (χ0v) is 11.9. The van der Waals surface area contributed by atoms with Crippen molar-refractivity contribution in [1.82, 2.24) is 15.5 Å². The fourth-order valence-corrected chi connectivity index (χ4v) is 2.30. The van der Waals surface area contributed by atoms with Gasteiger partial charge in [0.05, 0.1) is 11.5 Å². The number of hydrogen-bond acceptors (Lipinski definition) is 5. The van der Waals surface area contributed by atoms with Crippen molar-refractivity contribution in [1.29, 1.82) is 0 Å². The first-order valence-electron chi connectivity index (χ1n) is 7.08. The molecule has 2 rings (SSSR count). The fraction of sp³-hybridized carbons (Fsp3) is 0.500. The van der Waals surface area contributed by atoms with Gasteiger partial charge >= 0.3 is 0 Å². The lowest BCUT2D eigenvalue weighted by Crippen LogP contribution is -2.38.